The standard InChI is InChI=1S/C14H21NO2S2/c1-12-3-5-13(6-4-12)19-11-14(17)15-7-10-18-9-2-8-16/h3-6,16H,2,7-11H2,1H3,(H,15,17). The molecule has 1 aromatic carbocycles. The van der Waals surface area contributed by atoms with Crippen LogP contribution in [0.1, 0.15) is 12.0 Å². The molecule has 0 saturated carbocycles. The van der Waals surface area contributed by atoms with E-state index in [0.29, 0.717) is 12.3 Å². The molecular formula is C14H21NO2S2. The van der Waals surface area contributed by atoms with E-state index in [1.807, 2.05) is 12.1 Å². The molecule has 0 aliphatic heterocycles. The number of thioether (sulfide) groups is 2. The molecule has 106 valence electrons. The van der Waals surface area contributed by atoms with Crippen molar-refractivity contribution in [2.24, 2.45) is 0 Å². The highest BCUT2D eigenvalue weighted by atomic mass is 32.2. The van der Waals surface area contributed by atoms with E-state index in [1.165, 1.54) is 5.56 Å². The molecule has 0 aliphatic carbocycles. The smallest absolute Gasteiger partial charge is 0.230 e. The van der Waals surface area contributed by atoms with E-state index in [-0.39, 0.29) is 12.5 Å². The number of hydrogen-bond acceptors (Lipinski definition) is 4. The third-order valence-electron chi connectivity index (χ3n) is 2.41. The molecule has 0 spiro atoms. The highest BCUT2D eigenvalue weighted by molar-refractivity contribution is 8.00. The number of rotatable bonds is 9. The van der Waals surface area contributed by atoms with Gasteiger partial charge < -0.3 is 10.4 Å². The second kappa shape index (κ2) is 10.2. The summed E-state index contributed by atoms with van der Waals surface area (Å²) in [5.74, 6) is 2.39. The van der Waals surface area contributed by atoms with Crippen molar-refractivity contribution < 1.29 is 9.90 Å². The quantitative estimate of drug-likeness (QED) is 0.543. The zero-order valence-corrected chi connectivity index (χ0v) is 12.9. The van der Waals surface area contributed by atoms with E-state index in [2.05, 4.69) is 24.4 Å². The lowest BCUT2D eigenvalue weighted by Gasteiger charge is -2.05. The molecule has 0 bridgehead atoms. The number of aliphatic hydroxyl groups is 1. The number of carbonyl (C=O) groups excluding carboxylic acids is 1. The summed E-state index contributed by atoms with van der Waals surface area (Å²) in [5.41, 5.74) is 1.23. The van der Waals surface area contributed by atoms with E-state index in [4.69, 9.17) is 5.11 Å². The molecule has 0 heterocycles. The fourth-order valence-electron chi connectivity index (χ4n) is 1.37. The minimum absolute atomic E-state index is 0.0772. The topological polar surface area (TPSA) is 49.3 Å². The molecule has 0 fully saturated rings. The van der Waals surface area contributed by atoms with Gasteiger partial charge in [-0.15, -0.1) is 11.8 Å². The number of aryl methyl sites for hydroxylation is 1. The van der Waals surface area contributed by atoms with Crippen LogP contribution in [-0.4, -0.2) is 41.4 Å². The van der Waals surface area contributed by atoms with Gasteiger partial charge in [-0.2, -0.15) is 11.8 Å². The molecule has 1 aromatic rings. The first-order valence-electron chi connectivity index (χ1n) is 6.37. The van der Waals surface area contributed by atoms with Gasteiger partial charge in [0.25, 0.3) is 0 Å². The molecule has 0 saturated heterocycles. The Morgan fingerprint density at radius 2 is 2.00 bits per heavy atom. The highest BCUT2D eigenvalue weighted by Gasteiger charge is 2.02. The second-order valence-electron chi connectivity index (χ2n) is 4.14. The Balaban J connectivity index is 2.06. The van der Waals surface area contributed by atoms with Crippen LogP contribution in [0.25, 0.3) is 0 Å². The lowest BCUT2D eigenvalue weighted by Crippen LogP contribution is -2.27. The molecule has 0 aromatic heterocycles. The molecule has 1 rings (SSSR count). The predicted octanol–water partition coefficient (Wildman–Crippen LogP) is 2.32. The third kappa shape index (κ3) is 8.18. The van der Waals surface area contributed by atoms with Crippen LogP contribution in [0.2, 0.25) is 0 Å². The first kappa shape index (κ1) is 16.4. The summed E-state index contributed by atoms with van der Waals surface area (Å²) in [7, 11) is 0. The van der Waals surface area contributed by atoms with Crippen LogP contribution in [0.3, 0.4) is 0 Å². The summed E-state index contributed by atoms with van der Waals surface area (Å²) < 4.78 is 0. The molecule has 0 atom stereocenters. The fourth-order valence-corrected chi connectivity index (χ4v) is 2.88. The van der Waals surface area contributed by atoms with Gasteiger partial charge in [-0.25, -0.2) is 0 Å². The Bertz CT molecular complexity index is 368. The van der Waals surface area contributed by atoms with Crippen LogP contribution in [0.15, 0.2) is 29.2 Å². The highest BCUT2D eigenvalue weighted by Crippen LogP contribution is 2.17. The zero-order valence-electron chi connectivity index (χ0n) is 11.2. The van der Waals surface area contributed by atoms with Gasteiger partial charge in [-0.3, -0.25) is 4.79 Å². The number of nitrogens with one attached hydrogen (secondary N) is 1. The van der Waals surface area contributed by atoms with Gasteiger partial charge in [0.05, 0.1) is 5.75 Å². The van der Waals surface area contributed by atoms with Crippen molar-refractivity contribution in [1.82, 2.24) is 5.32 Å². The maximum Gasteiger partial charge on any atom is 0.230 e. The zero-order chi connectivity index (χ0) is 13.9. The summed E-state index contributed by atoms with van der Waals surface area (Å²) in [6.45, 7) is 2.99. The van der Waals surface area contributed by atoms with Crippen molar-refractivity contribution in [3.8, 4) is 0 Å². The van der Waals surface area contributed by atoms with Crippen molar-refractivity contribution in [3.05, 3.63) is 29.8 Å². The summed E-state index contributed by atoms with van der Waals surface area (Å²) in [4.78, 5) is 12.7. The first-order chi connectivity index (χ1) is 9.22. The summed E-state index contributed by atoms with van der Waals surface area (Å²) >= 11 is 3.31. The van der Waals surface area contributed by atoms with Gasteiger partial charge in [-0.1, -0.05) is 17.7 Å². The number of aliphatic hydroxyl groups excluding tert-OH is 1. The number of benzene rings is 1. The van der Waals surface area contributed by atoms with Crippen molar-refractivity contribution in [2.75, 3.05) is 30.4 Å². The normalized spacial score (nSPS) is 10.4. The number of amides is 1. The first-order valence-corrected chi connectivity index (χ1v) is 8.51. The van der Waals surface area contributed by atoms with Crippen LogP contribution in [0.4, 0.5) is 0 Å². The van der Waals surface area contributed by atoms with Crippen LogP contribution < -0.4 is 5.32 Å². The van der Waals surface area contributed by atoms with Crippen molar-refractivity contribution >= 4 is 29.4 Å². The third-order valence-corrected chi connectivity index (χ3v) is 4.49. The largest absolute Gasteiger partial charge is 0.396 e. The van der Waals surface area contributed by atoms with Gasteiger partial charge in [0.2, 0.25) is 5.91 Å². The molecule has 0 radical (unpaired) electrons. The molecule has 0 aliphatic rings. The van der Waals surface area contributed by atoms with E-state index >= 15 is 0 Å². The minimum atomic E-state index is 0.0772. The van der Waals surface area contributed by atoms with Crippen LogP contribution in [0.5, 0.6) is 0 Å². The van der Waals surface area contributed by atoms with Gasteiger partial charge in [0.1, 0.15) is 0 Å². The van der Waals surface area contributed by atoms with Crippen molar-refractivity contribution in [3.63, 3.8) is 0 Å². The monoisotopic (exact) mass is 299 g/mol. The molecule has 19 heavy (non-hydrogen) atoms. The van der Waals surface area contributed by atoms with E-state index in [1.54, 1.807) is 23.5 Å². The Kier molecular flexibility index (Phi) is 8.79. The molecular weight excluding hydrogens is 278 g/mol. The average molecular weight is 299 g/mol. The Morgan fingerprint density at radius 1 is 1.26 bits per heavy atom. The van der Waals surface area contributed by atoms with E-state index in [0.717, 1.165) is 22.8 Å². The predicted molar refractivity (Wildman–Crippen MR) is 83.9 cm³/mol. The SMILES string of the molecule is Cc1ccc(SCC(=O)NCCSCCCO)cc1. The van der Waals surface area contributed by atoms with Crippen LogP contribution in [-0.2, 0) is 4.79 Å². The van der Waals surface area contributed by atoms with Gasteiger partial charge in [0, 0.05) is 23.8 Å². The maximum atomic E-state index is 11.6. The van der Waals surface area contributed by atoms with Gasteiger partial charge in [-0.05, 0) is 31.2 Å². The summed E-state index contributed by atoms with van der Waals surface area (Å²) in [5, 5.41) is 11.5. The second-order valence-corrected chi connectivity index (χ2v) is 6.41. The van der Waals surface area contributed by atoms with E-state index in [9.17, 15) is 4.79 Å². The summed E-state index contributed by atoms with van der Waals surface area (Å²) in [6, 6.07) is 8.19. The molecule has 0 unspecified atom stereocenters. The molecule has 5 heteroatoms. The van der Waals surface area contributed by atoms with Crippen molar-refractivity contribution in [1.29, 1.82) is 0 Å². The van der Waals surface area contributed by atoms with Gasteiger partial charge >= 0.3 is 0 Å². The van der Waals surface area contributed by atoms with E-state index < -0.39 is 0 Å². The lowest BCUT2D eigenvalue weighted by molar-refractivity contribution is -0.118. The molecule has 3 nitrogen and oxygen atoms in total. The van der Waals surface area contributed by atoms with Gasteiger partial charge in [0.15, 0.2) is 0 Å². The number of hydrogen-bond donors (Lipinski definition) is 2. The number of carbonyl (C=O) groups is 1. The molecule has 2 N–H and O–H groups in total. The van der Waals surface area contributed by atoms with Crippen LogP contribution in [0, 0.1) is 6.92 Å². The fraction of sp³-hybridized carbons (Fsp3) is 0.500. The lowest BCUT2D eigenvalue weighted by atomic mass is 10.2. The Hall–Kier alpha value is -0.650. The van der Waals surface area contributed by atoms with Crippen LogP contribution >= 0.6 is 23.5 Å². The minimum Gasteiger partial charge on any atom is -0.396 e. The average Bonchev–Trinajstić information content (AvgIpc) is 2.42. The Morgan fingerprint density at radius 3 is 2.68 bits per heavy atom. The molecule has 1 amide bonds. The van der Waals surface area contributed by atoms with Crippen molar-refractivity contribution in [2.45, 2.75) is 18.2 Å². The summed E-state index contributed by atoms with van der Waals surface area (Å²) in [6.07, 6.45) is 0.821. The maximum absolute atomic E-state index is 11.6. The Labute approximate surface area is 123 Å².